The average molecular weight is 340 g/mol. The number of thiophene rings is 1. The molecule has 2 aromatic rings. The number of aryl methyl sites for hydroxylation is 1. The lowest BCUT2D eigenvalue weighted by molar-refractivity contribution is 0.479. The summed E-state index contributed by atoms with van der Waals surface area (Å²) in [6.07, 6.45) is 5.71. The predicted molar refractivity (Wildman–Crippen MR) is 86.1 cm³/mol. The zero-order valence-corrected chi connectivity index (χ0v) is 14.2. The molecule has 0 bridgehead atoms. The van der Waals surface area contributed by atoms with Gasteiger partial charge in [0.25, 0.3) is 10.0 Å². The van der Waals surface area contributed by atoms with E-state index in [0.717, 1.165) is 29.8 Å². The molecule has 1 aliphatic rings. The number of hydrogen-bond donors (Lipinski definition) is 1. The first-order valence-corrected chi connectivity index (χ1v) is 9.58. The number of hydrogen-bond acceptors (Lipinski definition) is 5. The molecular formula is C14H20N4O2S2. The van der Waals surface area contributed by atoms with Crippen molar-refractivity contribution in [1.29, 1.82) is 0 Å². The van der Waals surface area contributed by atoms with Crippen molar-refractivity contribution in [2.24, 2.45) is 7.05 Å². The van der Waals surface area contributed by atoms with Crippen LogP contribution in [0.25, 0.3) is 0 Å². The molecule has 8 heteroatoms. The summed E-state index contributed by atoms with van der Waals surface area (Å²) in [5, 5.41) is 7.43. The Kier molecular flexibility index (Phi) is 4.62. The van der Waals surface area contributed by atoms with Crippen LogP contribution in [0.5, 0.6) is 0 Å². The minimum absolute atomic E-state index is 0.451. The summed E-state index contributed by atoms with van der Waals surface area (Å²) in [5.41, 5.74) is 1.11. The maximum Gasteiger partial charge on any atom is 0.252 e. The fourth-order valence-corrected chi connectivity index (χ4v) is 5.54. The molecule has 0 aromatic carbocycles. The van der Waals surface area contributed by atoms with Crippen LogP contribution in [0, 0.1) is 0 Å². The van der Waals surface area contributed by atoms with Gasteiger partial charge in [-0.05, 0) is 25.0 Å². The van der Waals surface area contributed by atoms with Crippen LogP contribution in [0.2, 0.25) is 0 Å². The van der Waals surface area contributed by atoms with Crippen molar-refractivity contribution in [3.63, 3.8) is 0 Å². The molecule has 120 valence electrons. The Morgan fingerprint density at radius 3 is 2.73 bits per heavy atom. The summed E-state index contributed by atoms with van der Waals surface area (Å²) in [4.78, 5) is 1.03. The van der Waals surface area contributed by atoms with Crippen molar-refractivity contribution in [3.05, 3.63) is 35.0 Å². The van der Waals surface area contributed by atoms with Crippen LogP contribution in [0.4, 0.5) is 0 Å². The monoisotopic (exact) mass is 340 g/mol. The highest BCUT2D eigenvalue weighted by molar-refractivity contribution is 7.91. The van der Waals surface area contributed by atoms with Crippen molar-refractivity contribution >= 4 is 21.4 Å². The summed E-state index contributed by atoms with van der Waals surface area (Å²) < 4.78 is 28.7. The molecule has 0 aliphatic carbocycles. The van der Waals surface area contributed by atoms with E-state index in [-0.39, 0.29) is 0 Å². The van der Waals surface area contributed by atoms with Crippen molar-refractivity contribution in [1.82, 2.24) is 19.4 Å². The Balaban J connectivity index is 1.59. The van der Waals surface area contributed by atoms with Gasteiger partial charge in [0.2, 0.25) is 0 Å². The van der Waals surface area contributed by atoms with Crippen LogP contribution >= 0.6 is 11.3 Å². The maximum absolute atomic E-state index is 12.5. The van der Waals surface area contributed by atoms with E-state index in [0.29, 0.717) is 23.8 Å². The molecule has 3 heterocycles. The normalized spacial score (nSPS) is 16.4. The van der Waals surface area contributed by atoms with Crippen LogP contribution in [-0.2, 0) is 30.2 Å². The molecule has 2 aromatic heterocycles. The van der Waals surface area contributed by atoms with Gasteiger partial charge in [0.1, 0.15) is 4.21 Å². The number of rotatable bonds is 6. The Bertz CT molecular complexity index is 730. The van der Waals surface area contributed by atoms with Crippen molar-refractivity contribution < 1.29 is 8.42 Å². The van der Waals surface area contributed by atoms with Crippen molar-refractivity contribution in [3.8, 4) is 0 Å². The first-order valence-electron chi connectivity index (χ1n) is 7.33. The number of nitrogens with zero attached hydrogens (tertiary/aromatic N) is 3. The molecule has 3 rings (SSSR count). The SMILES string of the molecule is Cn1cc(CNCc2ccc(S(=O)(=O)N3CCCC3)s2)cn1. The van der Waals surface area contributed by atoms with Crippen LogP contribution in [0.1, 0.15) is 23.3 Å². The minimum atomic E-state index is -3.28. The lowest BCUT2D eigenvalue weighted by Gasteiger charge is -2.13. The average Bonchev–Trinajstić information content (AvgIpc) is 3.19. The Morgan fingerprint density at radius 2 is 2.05 bits per heavy atom. The molecule has 0 saturated carbocycles. The van der Waals surface area contributed by atoms with Gasteiger partial charge in [-0.15, -0.1) is 11.3 Å². The second kappa shape index (κ2) is 6.49. The van der Waals surface area contributed by atoms with E-state index in [1.54, 1.807) is 15.1 Å². The highest BCUT2D eigenvalue weighted by Crippen LogP contribution is 2.27. The third-order valence-corrected chi connectivity index (χ3v) is 7.13. The lowest BCUT2D eigenvalue weighted by Crippen LogP contribution is -2.27. The van der Waals surface area contributed by atoms with E-state index in [9.17, 15) is 8.42 Å². The number of aromatic nitrogens is 2. The van der Waals surface area contributed by atoms with Gasteiger partial charge in [-0.3, -0.25) is 4.68 Å². The van der Waals surface area contributed by atoms with Gasteiger partial charge in [-0.2, -0.15) is 9.40 Å². The molecule has 0 atom stereocenters. The summed E-state index contributed by atoms with van der Waals surface area (Å²) in [6.45, 7) is 2.68. The van der Waals surface area contributed by atoms with E-state index in [2.05, 4.69) is 10.4 Å². The van der Waals surface area contributed by atoms with Gasteiger partial charge in [-0.1, -0.05) is 0 Å². The predicted octanol–water partition coefficient (Wildman–Crippen LogP) is 1.56. The van der Waals surface area contributed by atoms with Crippen LogP contribution in [0.3, 0.4) is 0 Å². The summed E-state index contributed by atoms with van der Waals surface area (Å²) >= 11 is 1.35. The molecule has 0 spiro atoms. The number of sulfonamides is 1. The van der Waals surface area contributed by atoms with Crippen molar-refractivity contribution in [2.75, 3.05) is 13.1 Å². The molecule has 0 radical (unpaired) electrons. The van der Waals surface area contributed by atoms with E-state index in [1.807, 2.05) is 25.5 Å². The first-order chi connectivity index (χ1) is 10.6. The molecule has 1 saturated heterocycles. The van der Waals surface area contributed by atoms with Gasteiger partial charge in [-0.25, -0.2) is 8.42 Å². The molecule has 22 heavy (non-hydrogen) atoms. The van der Waals surface area contributed by atoms with Crippen molar-refractivity contribution in [2.45, 2.75) is 30.1 Å². The van der Waals surface area contributed by atoms with Gasteiger partial charge in [0.15, 0.2) is 0 Å². The zero-order chi connectivity index (χ0) is 15.6. The molecule has 6 nitrogen and oxygen atoms in total. The van der Waals surface area contributed by atoms with E-state index >= 15 is 0 Å². The fraction of sp³-hybridized carbons (Fsp3) is 0.500. The van der Waals surface area contributed by atoms with E-state index < -0.39 is 10.0 Å². The fourth-order valence-electron chi connectivity index (χ4n) is 2.54. The highest BCUT2D eigenvalue weighted by atomic mass is 32.2. The third-order valence-electron chi connectivity index (χ3n) is 3.68. The van der Waals surface area contributed by atoms with Gasteiger partial charge >= 0.3 is 0 Å². The second-order valence-electron chi connectivity index (χ2n) is 5.46. The Labute approximate surface area is 134 Å². The zero-order valence-electron chi connectivity index (χ0n) is 12.5. The lowest BCUT2D eigenvalue weighted by atomic mass is 10.3. The van der Waals surface area contributed by atoms with E-state index in [4.69, 9.17) is 0 Å². The Hall–Kier alpha value is -1.22. The summed E-state index contributed by atoms with van der Waals surface area (Å²) in [5.74, 6) is 0. The first kappa shape index (κ1) is 15.7. The van der Waals surface area contributed by atoms with Crippen LogP contribution in [-0.4, -0.2) is 35.6 Å². The maximum atomic E-state index is 12.5. The summed E-state index contributed by atoms with van der Waals surface area (Å²) in [6, 6.07) is 3.61. The standard InChI is InChI=1S/C14H20N4O2S2/c1-17-11-12(9-16-17)8-15-10-13-4-5-14(21-13)22(19,20)18-6-2-3-7-18/h4-5,9,11,15H,2-3,6-8,10H2,1H3. The molecule has 1 N–H and O–H groups in total. The topological polar surface area (TPSA) is 67.2 Å². The largest absolute Gasteiger partial charge is 0.308 e. The quantitative estimate of drug-likeness (QED) is 0.866. The third kappa shape index (κ3) is 3.40. The van der Waals surface area contributed by atoms with Crippen LogP contribution in [0.15, 0.2) is 28.7 Å². The smallest absolute Gasteiger partial charge is 0.252 e. The Morgan fingerprint density at radius 1 is 1.27 bits per heavy atom. The molecule has 0 unspecified atom stereocenters. The van der Waals surface area contributed by atoms with Gasteiger partial charge in [0, 0.05) is 49.9 Å². The van der Waals surface area contributed by atoms with E-state index in [1.165, 1.54) is 11.3 Å². The van der Waals surface area contributed by atoms with Crippen LogP contribution < -0.4 is 5.32 Å². The highest BCUT2D eigenvalue weighted by Gasteiger charge is 2.28. The number of nitrogens with one attached hydrogen (secondary N) is 1. The summed E-state index contributed by atoms with van der Waals surface area (Å²) in [7, 11) is -1.39. The van der Waals surface area contributed by atoms with Gasteiger partial charge < -0.3 is 5.32 Å². The molecule has 1 aliphatic heterocycles. The minimum Gasteiger partial charge on any atom is -0.308 e. The molecule has 1 fully saturated rings. The second-order valence-corrected chi connectivity index (χ2v) is 8.79. The molecule has 0 amide bonds. The van der Waals surface area contributed by atoms with Gasteiger partial charge in [0.05, 0.1) is 6.20 Å². The molecular weight excluding hydrogens is 320 g/mol.